The van der Waals surface area contributed by atoms with Crippen molar-refractivity contribution < 1.29 is 40.9 Å². The fourth-order valence-corrected chi connectivity index (χ4v) is 9.94. The third kappa shape index (κ3) is 16.2. The maximum atomic E-state index is 11.1. The van der Waals surface area contributed by atoms with Crippen LogP contribution in [0.2, 0.25) is 0 Å². The summed E-state index contributed by atoms with van der Waals surface area (Å²) in [6, 6.07) is 0. The molecule has 8 heteroatoms. The minimum absolute atomic E-state index is 0.260. The van der Waals surface area contributed by atoms with E-state index in [1.807, 2.05) is 0 Å². The predicted molar refractivity (Wildman–Crippen MR) is 219 cm³/mol. The van der Waals surface area contributed by atoms with E-state index in [2.05, 4.69) is 0 Å². The topological polar surface area (TPSA) is 162 Å². The molecule has 0 saturated heterocycles. The van der Waals surface area contributed by atoms with Crippen LogP contribution in [0.25, 0.3) is 0 Å². The van der Waals surface area contributed by atoms with Gasteiger partial charge in [-0.15, -0.1) is 0 Å². The normalized spacial score (nSPS) is 24.5. The molecule has 0 bridgehead atoms. The van der Waals surface area contributed by atoms with E-state index in [4.69, 9.17) is 0 Å². The first-order valence-corrected chi connectivity index (χ1v) is 22.8. The molecule has 0 atom stereocenters. The molecule has 0 radical (unpaired) electrons. The second kappa shape index (κ2) is 31.7. The Hall–Kier alpha value is -0.320. The van der Waals surface area contributed by atoms with Gasteiger partial charge in [0.05, 0.1) is 52.9 Å². The fourth-order valence-electron chi connectivity index (χ4n) is 9.94. The van der Waals surface area contributed by atoms with Crippen LogP contribution < -0.4 is 0 Å². The molecular formula is C45H90O8. The van der Waals surface area contributed by atoms with Crippen LogP contribution in [0.3, 0.4) is 0 Å². The smallest absolute Gasteiger partial charge is 0.0523 e. The van der Waals surface area contributed by atoms with Crippen molar-refractivity contribution in [2.24, 2.45) is 21.7 Å². The number of aliphatic hydroxyl groups excluding tert-OH is 8. The van der Waals surface area contributed by atoms with E-state index in [1.165, 1.54) is 148 Å². The van der Waals surface area contributed by atoms with Gasteiger partial charge in [0, 0.05) is 21.7 Å². The molecule has 8 N–H and O–H groups in total. The van der Waals surface area contributed by atoms with Crippen LogP contribution in [0.5, 0.6) is 0 Å². The Bertz CT molecular complexity index is 727. The highest BCUT2D eigenvalue weighted by atomic mass is 16.3. The summed E-state index contributed by atoms with van der Waals surface area (Å²) >= 11 is 0. The van der Waals surface area contributed by atoms with Gasteiger partial charge >= 0.3 is 0 Å². The van der Waals surface area contributed by atoms with Gasteiger partial charge in [0.15, 0.2) is 0 Å². The lowest BCUT2D eigenvalue weighted by Crippen LogP contribution is -2.70. The van der Waals surface area contributed by atoms with Crippen molar-refractivity contribution in [2.75, 3.05) is 52.9 Å². The van der Waals surface area contributed by atoms with E-state index < -0.39 is 74.5 Å². The first-order valence-electron chi connectivity index (χ1n) is 22.8. The Labute approximate surface area is 326 Å². The Morgan fingerprint density at radius 3 is 0.434 bits per heavy atom. The third-order valence-corrected chi connectivity index (χ3v) is 14.0. The number of aliphatic hydroxyl groups is 8. The zero-order valence-electron chi connectivity index (χ0n) is 34.6. The number of hydrogen-bond acceptors (Lipinski definition) is 8. The van der Waals surface area contributed by atoms with Gasteiger partial charge in [-0.3, -0.25) is 0 Å². The van der Waals surface area contributed by atoms with Crippen LogP contribution in [0.1, 0.15) is 212 Å². The molecule has 1 saturated carbocycles. The van der Waals surface area contributed by atoms with Crippen molar-refractivity contribution in [3.05, 3.63) is 0 Å². The van der Waals surface area contributed by atoms with Crippen molar-refractivity contribution in [2.45, 2.75) is 212 Å². The highest BCUT2D eigenvalue weighted by molar-refractivity contribution is 5.14. The lowest BCUT2D eigenvalue weighted by molar-refractivity contribution is -0.268. The average Bonchev–Trinajstić information content (AvgIpc) is 3.19. The third-order valence-electron chi connectivity index (χ3n) is 14.0. The van der Waals surface area contributed by atoms with Crippen LogP contribution in [0.4, 0.5) is 0 Å². The van der Waals surface area contributed by atoms with E-state index in [9.17, 15) is 40.9 Å². The second-order valence-electron chi connectivity index (χ2n) is 17.4. The zero-order chi connectivity index (χ0) is 39.0. The van der Waals surface area contributed by atoms with Gasteiger partial charge in [0.25, 0.3) is 0 Å². The van der Waals surface area contributed by atoms with Gasteiger partial charge in [-0.05, 0) is 12.8 Å². The van der Waals surface area contributed by atoms with Gasteiger partial charge in [-0.25, -0.2) is 0 Å². The molecule has 0 aromatic carbocycles. The number of rotatable bonds is 8. The van der Waals surface area contributed by atoms with Crippen LogP contribution in [0, 0.1) is 21.7 Å². The van der Waals surface area contributed by atoms with Gasteiger partial charge in [-0.2, -0.15) is 0 Å². The maximum Gasteiger partial charge on any atom is 0.0523 e. The Morgan fingerprint density at radius 1 is 0.189 bits per heavy atom. The van der Waals surface area contributed by atoms with Crippen molar-refractivity contribution in [3.63, 3.8) is 0 Å². The average molecular weight is 759 g/mol. The Kier molecular flexibility index (Phi) is 30.4. The van der Waals surface area contributed by atoms with Gasteiger partial charge < -0.3 is 40.9 Å². The molecule has 0 aromatic rings. The molecule has 1 rings (SSSR count). The molecule has 318 valence electrons. The highest BCUT2D eigenvalue weighted by Crippen LogP contribution is 2.61. The summed E-state index contributed by atoms with van der Waals surface area (Å²) in [5.41, 5.74) is -6.50. The van der Waals surface area contributed by atoms with E-state index in [0.29, 0.717) is 12.8 Å². The van der Waals surface area contributed by atoms with E-state index in [1.54, 1.807) is 0 Å². The zero-order valence-corrected chi connectivity index (χ0v) is 34.6. The summed E-state index contributed by atoms with van der Waals surface area (Å²) in [6.45, 7) is -5.31. The highest BCUT2D eigenvalue weighted by Gasteiger charge is 2.68. The minimum atomic E-state index is -1.78. The molecule has 0 amide bonds. The monoisotopic (exact) mass is 759 g/mol. The van der Waals surface area contributed by atoms with E-state index >= 15 is 0 Å². The van der Waals surface area contributed by atoms with Crippen molar-refractivity contribution in [1.82, 2.24) is 0 Å². The Balaban J connectivity index is 2.94. The minimum Gasteiger partial charge on any atom is -0.396 e. The molecule has 0 unspecified atom stereocenters. The SMILES string of the molecule is OCC1(CO)CCCCCCCCCCCCCCCCCCCCCCCCCCCCCCCCCC(CO)(CO)C(CO)(CO)C1(CO)CO. The van der Waals surface area contributed by atoms with Crippen molar-refractivity contribution in [1.29, 1.82) is 0 Å². The van der Waals surface area contributed by atoms with Crippen molar-refractivity contribution in [3.8, 4) is 0 Å². The standard InChI is InChI=1S/C45H90O8/c46-34-42(35-47)32-30-28-26-24-22-20-18-16-14-12-10-8-6-4-2-1-3-5-7-9-11-13-15-17-19-21-23-25-27-29-31-33-43(36-48,37-49)45(40-52,41-53)44(42,38-50)39-51/h46-53H,1-41H2. The van der Waals surface area contributed by atoms with E-state index in [-0.39, 0.29) is 12.8 Å². The van der Waals surface area contributed by atoms with Gasteiger partial charge in [0.1, 0.15) is 0 Å². The molecule has 0 heterocycles. The van der Waals surface area contributed by atoms with Crippen LogP contribution in [0.15, 0.2) is 0 Å². The van der Waals surface area contributed by atoms with Gasteiger partial charge in [-0.1, -0.05) is 199 Å². The van der Waals surface area contributed by atoms with Crippen molar-refractivity contribution >= 4 is 0 Å². The Morgan fingerprint density at radius 2 is 0.321 bits per heavy atom. The molecule has 0 aliphatic heterocycles. The van der Waals surface area contributed by atoms with Crippen LogP contribution in [-0.4, -0.2) is 93.7 Å². The van der Waals surface area contributed by atoms with Crippen LogP contribution in [-0.2, 0) is 0 Å². The molecule has 0 spiro atoms. The van der Waals surface area contributed by atoms with E-state index in [0.717, 1.165) is 38.5 Å². The largest absolute Gasteiger partial charge is 0.396 e. The second-order valence-corrected chi connectivity index (χ2v) is 17.4. The molecule has 1 aliphatic carbocycles. The summed E-state index contributed by atoms with van der Waals surface area (Å²) in [5, 5.41) is 87.9. The maximum absolute atomic E-state index is 11.1. The first-order chi connectivity index (χ1) is 25.9. The fraction of sp³-hybridized carbons (Fsp3) is 1.00. The lowest BCUT2D eigenvalue weighted by Gasteiger charge is -2.63. The molecular weight excluding hydrogens is 668 g/mol. The van der Waals surface area contributed by atoms with Gasteiger partial charge in [0.2, 0.25) is 0 Å². The lowest BCUT2D eigenvalue weighted by atomic mass is 9.42. The molecule has 53 heavy (non-hydrogen) atoms. The molecule has 1 aliphatic rings. The quantitative estimate of drug-likeness (QED) is 0.122. The summed E-state index contributed by atoms with van der Waals surface area (Å²) in [7, 11) is 0. The predicted octanol–water partition coefficient (Wildman–Crippen LogP) is 8.76. The number of hydrogen-bond donors (Lipinski definition) is 8. The first kappa shape index (κ1) is 50.7. The van der Waals surface area contributed by atoms with Crippen LogP contribution >= 0.6 is 0 Å². The summed E-state index contributed by atoms with van der Waals surface area (Å²) in [4.78, 5) is 0. The summed E-state index contributed by atoms with van der Waals surface area (Å²) in [6.07, 6.45) is 38.4. The summed E-state index contributed by atoms with van der Waals surface area (Å²) in [5.74, 6) is 0. The molecule has 1 fully saturated rings. The molecule has 8 nitrogen and oxygen atoms in total. The summed E-state index contributed by atoms with van der Waals surface area (Å²) < 4.78 is 0. The molecule has 0 aromatic heterocycles.